The predicted molar refractivity (Wildman–Crippen MR) is 107 cm³/mol. The minimum absolute atomic E-state index is 0.0286. The van der Waals surface area contributed by atoms with Gasteiger partial charge in [0, 0.05) is 39.1 Å². The summed E-state index contributed by atoms with van der Waals surface area (Å²) in [6.07, 6.45) is 0.0286. The van der Waals surface area contributed by atoms with Gasteiger partial charge in [0.05, 0.1) is 11.6 Å². The minimum atomic E-state index is -3.54. The van der Waals surface area contributed by atoms with E-state index in [9.17, 15) is 22.4 Å². The van der Waals surface area contributed by atoms with Crippen LogP contribution in [0, 0.1) is 11.7 Å². The Morgan fingerprint density at radius 3 is 2.45 bits per heavy atom. The van der Waals surface area contributed by atoms with Crippen LogP contribution in [-0.2, 0) is 19.6 Å². The first-order valence-corrected chi connectivity index (χ1v) is 11.6. The molecule has 1 unspecified atom stereocenters. The number of carbonyl (C=O) groups is 2. The van der Waals surface area contributed by atoms with Gasteiger partial charge in [-0.15, -0.1) is 11.3 Å². The number of para-hydroxylation sites is 1. The van der Waals surface area contributed by atoms with E-state index in [1.54, 1.807) is 34.5 Å². The first kappa shape index (κ1) is 20.0. The third-order valence-corrected chi connectivity index (χ3v) is 8.53. The number of thiophene rings is 1. The fourth-order valence-corrected chi connectivity index (χ4v) is 6.29. The highest BCUT2D eigenvalue weighted by Gasteiger charge is 2.39. The number of anilines is 1. The summed E-state index contributed by atoms with van der Waals surface area (Å²) in [7, 11) is -3.54. The molecule has 2 aliphatic heterocycles. The Labute approximate surface area is 172 Å². The van der Waals surface area contributed by atoms with Crippen molar-refractivity contribution in [3.63, 3.8) is 0 Å². The van der Waals surface area contributed by atoms with Gasteiger partial charge in [0.25, 0.3) is 10.0 Å². The van der Waals surface area contributed by atoms with Crippen molar-refractivity contribution in [2.24, 2.45) is 5.92 Å². The van der Waals surface area contributed by atoms with Crippen LogP contribution in [-0.4, -0.2) is 62.2 Å². The molecule has 1 aromatic carbocycles. The summed E-state index contributed by atoms with van der Waals surface area (Å²) in [5.41, 5.74) is 0.180. The molecule has 154 valence electrons. The highest BCUT2D eigenvalue weighted by Crippen LogP contribution is 2.29. The van der Waals surface area contributed by atoms with Gasteiger partial charge < -0.3 is 9.80 Å². The van der Waals surface area contributed by atoms with Crippen LogP contribution in [0.1, 0.15) is 6.42 Å². The molecular weight excluding hydrogens is 417 g/mol. The van der Waals surface area contributed by atoms with E-state index in [4.69, 9.17) is 0 Å². The number of nitrogens with zero attached hydrogens (tertiary/aromatic N) is 3. The van der Waals surface area contributed by atoms with Crippen molar-refractivity contribution in [3.05, 3.63) is 47.6 Å². The standard InChI is InChI=1S/C19H20FN3O4S2/c20-15-4-1-2-5-16(15)23-13-14(12-17(23)24)19(25)21-7-9-22(10-8-21)29(26,27)18-6-3-11-28-18/h1-6,11,14H,7-10,12-13H2. The highest BCUT2D eigenvalue weighted by molar-refractivity contribution is 7.91. The van der Waals surface area contributed by atoms with Gasteiger partial charge in [-0.05, 0) is 23.6 Å². The van der Waals surface area contributed by atoms with Crippen molar-refractivity contribution in [2.45, 2.75) is 10.6 Å². The van der Waals surface area contributed by atoms with E-state index in [1.165, 1.54) is 32.7 Å². The Morgan fingerprint density at radius 1 is 1.07 bits per heavy atom. The quantitative estimate of drug-likeness (QED) is 0.731. The normalized spacial score (nSPS) is 21.0. The zero-order chi connectivity index (χ0) is 20.6. The highest BCUT2D eigenvalue weighted by atomic mass is 32.2. The van der Waals surface area contributed by atoms with E-state index in [0.717, 1.165) is 0 Å². The molecule has 0 radical (unpaired) electrons. The fourth-order valence-electron chi connectivity index (χ4n) is 3.72. The van der Waals surface area contributed by atoms with Crippen LogP contribution in [0.3, 0.4) is 0 Å². The average Bonchev–Trinajstić information content (AvgIpc) is 3.38. The Bertz CT molecular complexity index is 1020. The molecule has 1 atom stereocenters. The molecule has 2 aromatic rings. The second kappa shape index (κ2) is 7.85. The maximum absolute atomic E-state index is 14.0. The third kappa shape index (κ3) is 3.79. The first-order valence-electron chi connectivity index (χ1n) is 9.25. The number of piperazine rings is 1. The van der Waals surface area contributed by atoms with Gasteiger partial charge in [-0.25, -0.2) is 12.8 Å². The summed E-state index contributed by atoms with van der Waals surface area (Å²) in [5, 5.41) is 1.71. The van der Waals surface area contributed by atoms with E-state index in [0.29, 0.717) is 4.21 Å². The molecule has 7 nitrogen and oxygen atoms in total. The lowest BCUT2D eigenvalue weighted by Gasteiger charge is -2.34. The second-order valence-electron chi connectivity index (χ2n) is 7.02. The van der Waals surface area contributed by atoms with E-state index in [-0.39, 0.29) is 56.6 Å². The van der Waals surface area contributed by atoms with Gasteiger partial charge in [-0.3, -0.25) is 9.59 Å². The number of halogens is 1. The van der Waals surface area contributed by atoms with Gasteiger partial charge in [0.2, 0.25) is 11.8 Å². The predicted octanol–water partition coefficient (Wildman–Crippen LogP) is 1.77. The summed E-state index contributed by atoms with van der Waals surface area (Å²) in [4.78, 5) is 28.1. The Balaban J connectivity index is 1.39. The number of hydrogen-bond acceptors (Lipinski definition) is 5. The van der Waals surface area contributed by atoms with Crippen LogP contribution in [0.4, 0.5) is 10.1 Å². The van der Waals surface area contributed by atoms with Crippen molar-refractivity contribution in [1.82, 2.24) is 9.21 Å². The maximum atomic E-state index is 14.0. The van der Waals surface area contributed by atoms with Gasteiger partial charge >= 0.3 is 0 Å². The molecule has 2 amide bonds. The largest absolute Gasteiger partial charge is 0.340 e. The van der Waals surface area contributed by atoms with E-state index in [1.807, 2.05) is 0 Å². The van der Waals surface area contributed by atoms with Crippen molar-refractivity contribution in [1.29, 1.82) is 0 Å². The number of rotatable bonds is 4. The van der Waals surface area contributed by atoms with E-state index < -0.39 is 21.8 Å². The fraction of sp³-hybridized carbons (Fsp3) is 0.368. The molecule has 0 aliphatic carbocycles. The lowest BCUT2D eigenvalue weighted by Crippen LogP contribution is -2.52. The SMILES string of the molecule is O=C(C1CC(=O)N(c2ccccc2F)C1)N1CCN(S(=O)(=O)c2cccs2)CC1. The molecule has 0 spiro atoms. The van der Waals surface area contributed by atoms with Crippen LogP contribution < -0.4 is 4.90 Å². The van der Waals surface area contributed by atoms with Crippen molar-refractivity contribution >= 4 is 38.9 Å². The number of sulfonamides is 1. The number of hydrogen-bond donors (Lipinski definition) is 0. The number of carbonyl (C=O) groups excluding carboxylic acids is 2. The van der Waals surface area contributed by atoms with Gasteiger partial charge in [0.1, 0.15) is 10.0 Å². The molecule has 3 heterocycles. The summed E-state index contributed by atoms with van der Waals surface area (Å²) in [6, 6.07) is 9.26. The Hall–Kier alpha value is -2.30. The second-order valence-corrected chi connectivity index (χ2v) is 10.1. The van der Waals surface area contributed by atoms with E-state index >= 15 is 0 Å². The van der Waals surface area contributed by atoms with Gasteiger partial charge in [-0.1, -0.05) is 18.2 Å². The van der Waals surface area contributed by atoms with Gasteiger partial charge in [0.15, 0.2) is 0 Å². The van der Waals surface area contributed by atoms with Crippen LogP contribution in [0.15, 0.2) is 46.0 Å². The summed E-state index contributed by atoms with van der Waals surface area (Å²) < 4.78 is 40.9. The zero-order valence-electron chi connectivity index (χ0n) is 15.5. The Kier molecular flexibility index (Phi) is 5.41. The van der Waals surface area contributed by atoms with Crippen LogP contribution >= 0.6 is 11.3 Å². The monoisotopic (exact) mass is 437 g/mol. The third-order valence-electron chi connectivity index (χ3n) is 5.26. The Morgan fingerprint density at radius 2 is 1.79 bits per heavy atom. The molecule has 10 heteroatoms. The zero-order valence-corrected chi connectivity index (χ0v) is 17.2. The summed E-state index contributed by atoms with van der Waals surface area (Å²) in [5.74, 6) is -1.53. The molecule has 0 N–H and O–H groups in total. The molecule has 1 aromatic heterocycles. The summed E-state index contributed by atoms with van der Waals surface area (Å²) >= 11 is 1.17. The summed E-state index contributed by atoms with van der Waals surface area (Å²) in [6.45, 7) is 1.10. The van der Waals surface area contributed by atoms with Crippen molar-refractivity contribution in [3.8, 4) is 0 Å². The molecular formula is C19H20FN3O4S2. The van der Waals surface area contributed by atoms with Gasteiger partial charge in [-0.2, -0.15) is 4.31 Å². The smallest absolute Gasteiger partial charge is 0.252 e. The number of amides is 2. The number of benzene rings is 1. The van der Waals surface area contributed by atoms with Crippen molar-refractivity contribution < 1.29 is 22.4 Å². The lowest BCUT2D eigenvalue weighted by molar-refractivity contribution is -0.136. The molecule has 2 aliphatic rings. The molecule has 2 saturated heterocycles. The maximum Gasteiger partial charge on any atom is 0.252 e. The van der Waals surface area contributed by atoms with E-state index in [2.05, 4.69) is 0 Å². The topological polar surface area (TPSA) is 78.0 Å². The molecule has 0 bridgehead atoms. The van der Waals surface area contributed by atoms with Crippen LogP contribution in [0.25, 0.3) is 0 Å². The molecule has 29 heavy (non-hydrogen) atoms. The average molecular weight is 438 g/mol. The van der Waals surface area contributed by atoms with Crippen LogP contribution in [0.5, 0.6) is 0 Å². The van der Waals surface area contributed by atoms with Crippen LogP contribution in [0.2, 0.25) is 0 Å². The molecule has 0 saturated carbocycles. The first-order chi connectivity index (χ1) is 13.9. The minimum Gasteiger partial charge on any atom is -0.340 e. The molecule has 2 fully saturated rings. The lowest BCUT2D eigenvalue weighted by atomic mass is 10.1. The van der Waals surface area contributed by atoms with Crippen molar-refractivity contribution in [2.75, 3.05) is 37.6 Å². The molecule has 4 rings (SSSR count).